The van der Waals surface area contributed by atoms with Crippen molar-refractivity contribution in [1.82, 2.24) is 0 Å². The van der Waals surface area contributed by atoms with E-state index in [1.165, 1.54) is 79.2 Å². The Morgan fingerprint density at radius 1 is 0.723 bits per heavy atom. The molecule has 0 saturated heterocycles. The standard InChI is InChI=1S/C39H55FO2.CH2O2.CH2O/c1-29(27-41)6-3-8-32-24-33(9-4-7-30(2)28-42)26-39(25-32)38-21-19-37(20-22-38)36-17-15-35(16-18-36)34-13-11-31(12-14-34)10-5-23-40;2-1-3;1-2/h19-22,24-26,31,34-36,41-42H,1-18,23,27-28H2;1H,(H,2,3);1H2. The van der Waals surface area contributed by atoms with Gasteiger partial charge in [0.2, 0.25) is 0 Å². The number of aliphatic hydroxyl groups excluding tert-OH is 2. The normalized spacial score (nSPS) is 20.6. The second kappa shape index (κ2) is 23.3. The van der Waals surface area contributed by atoms with E-state index >= 15 is 0 Å². The lowest BCUT2D eigenvalue weighted by Crippen LogP contribution is -2.25. The molecule has 2 saturated carbocycles. The maximum absolute atomic E-state index is 12.6. The number of hydrogen-bond donors (Lipinski definition) is 3. The zero-order valence-corrected chi connectivity index (χ0v) is 28.5. The molecular formula is C41H59FO5. The van der Waals surface area contributed by atoms with Crippen LogP contribution in [0.3, 0.4) is 0 Å². The van der Waals surface area contributed by atoms with E-state index in [4.69, 9.17) is 14.7 Å². The lowest BCUT2D eigenvalue weighted by atomic mass is 9.68. The van der Waals surface area contributed by atoms with Crippen LogP contribution in [0.5, 0.6) is 0 Å². The summed E-state index contributed by atoms with van der Waals surface area (Å²) in [6.07, 6.45) is 18.2. The lowest BCUT2D eigenvalue weighted by Gasteiger charge is -2.38. The first-order valence-electron chi connectivity index (χ1n) is 17.6. The van der Waals surface area contributed by atoms with Crippen molar-refractivity contribution in [3.8, 4) is 11.1 Å². The van der Waals surface area contributed by atoms with E-state index in [1.807, 2.05) is 6.79 Å². The summed E-state index contributed by atoms with van der Waals surface area (Å²) in [5, 5.41) is 25.5. The quantitative estimate of drug-likeness (QED) is 0.124. The fourth-order valence-electron chi connectivity index (χ4n) is 7.65. The predicted molar refractivity (Wildman–Crippen MR) is 191 cm³/mol. The molecular weight excluding hydrogens is 591 g/mol. The van der Waals surface area contributed by atoms with Gasteiger partial charge >= 0.3 is 0 Å². The Kier molecular flexibility index (Phi) is 19.8. The predicted octanol–water partition coefficient (Wildman–Crippen LogP) is 9.44. The van der Waals surface area contributed by atoms with Crippen LogP contribution in [0.25, 0.3) is 11.1 Å². The minimum atomic E-state index is -0.250. The van der Waals surface area contributed by atoms with Gasteiger partial charge in [0, 0.05) is 0 Å². The number of carbonyl (C=O) groups is 2. The van der Waals surface area contributed by atoms with E-state index in [2.05, 4.69) is 55.6 Å². The molecule has 0 aliphatic heterocycles. The smallest absolute Gasteiger partial charge is 0.290 e. The zero-order valence-electron chi connectivity index (χ0n) is 28.5. The third-order valence-corrected chi connectivity index (χ3v) is 10.3. The van der Waals surface area contributed by atoms with Gasteiger partial charge in [0.15, 0.2) is 0 Å². The second-order valence-corrected chi connectivity index (χ2v) is 13.5. The van der Waals surface area contributed by atoms with E-state index in [1.54, 1.807) is 0 Å². The van der Waals surface area contributed by atoms with Crippen LogP contribution in [-0.2, 0) is 22.4 Å². The Labute approximate surface area is 283 Å². The molecule has 2 aliphatic carbocycles. The van der Waals surface area contributed by atoms with Crippen LogP contribution in [0.15, 0.2) is 66.8 Å². The van der Waals surface area contributed by atoms with Crippen molar-refractivity contribution in [2.75, 3.05) is 19.9 Å². The first-order chi connectivity index (χ1) is 22.9. The summed E-state index contributed by atoms with van der Waals surface area (Å²) in [6.45, 7) is 9.63. The lowest BCUT2D eigenvalue weighted by molar-refractivity contribution is -0.122. The highest BCUT2D eigenvalue weighted by atomic mass is 19.1. The van der Waals surface area contributed by atoms with Gasteiger partial charge in [-0.3, -0.25) is 9.18 Å². The van der Waals surface area contributed by atoms with Crippen LogP contribution in [-0.4, -0.2) is 48.5 Å². The highest BCUT2D eigenvalue weighted by Crippen LogP contribution is 2.44. The average molecular weight is 651 g/mol. The zero-order chi connectivity index (χ0) is 34.4. The van der Waals surface area contributed by atoms with E-state index in [0.717, 1.165) is 80.3 Å². The van der Waals surface area contributed by atoms with Crippen molar-refractivity contribution < 1.29 is 29.3 Å². The molecule has 0 aromatic heterocycles. The molecule has 260 valence electrons. The molecule has 3 N–H and O–H groups in total. The molecule has 0 heterocycles. The summed E-state index contributed by atoms with van der Waals surface area (Å²) >= 11 is 0. The maximum atomic E-state index is 12.6. The molecule has 6 heteroatoms. The third-order valence-electron chi connectivity index (χ3n) is 10.3. The first-order valence-corrected chi connectivity index (χ1v) is 17.6. The van der Waals surface area contributed by atoms with E-state index in [9.17, 15) is 14.6 Å². The van der Waals surface area contributed by atoms with Crippen LogP contribution in [0.4, 0.5) is 4.39 Å². The number of benzene rings is 2. The molecule has 0 radical (unpaired) electrons. The number of carbonyl (C=O) groups excluding carboxylic acids is 1. The highest BCUT2D eigenvalue weighted by Gasteiger charge is 2.31. The first kappa shape index (κ1) is 40.1. The van der Waals surface area contributed by atoms with Crippen LogP contribution < -0.4 is 0 Å². The molecule has 2 aliphatic rings. The molecule has 47 heavy (non-hydrogen) atoms. The molecule has 0 spiro atoms. The number of aliphatic hydroxyl groups is 2. The Bertz CT molecular complexity index is 1140. The molecule has 2 aromatic rings. The molecule has 5 nitrogen and oxygen atoms in total. The van der Waals surface area contributed by atoms with Gasteiger partial charge in [-0.2, -0.15) is 0 Å². The molecule has 2 aromatic carbocycles. The van der Waals surface area contributed by atoms with Gasteiger partial charge in [0.05, 0.1) is 19.9 Å². The van der Waals surface area contributed by atoms with Gasteiger partial charge in [-0.1, -0.05) is 79.6 Å². The topological polar surface area (TPSA) is 94.8 Å². The number of rotatable bonds is 16. The third kappa shape index (κ3) is 14.3. The van der Waals surface area contributed by atoms with Crippen LogP contribution in [0.2, 0.25) is 0 Å². The largest absolute Gasteiger partial charge is 0.483 e. The van der Waals surface area contributed by atoms with Gasteiger partial charge < -0.3 is 20.1 Å². The minimum absolute atomic E-state index is 0.0671. The van der Waals surface area contributed by atoms with Crippen LogP contribution >= 0.6 is 0 Å². The van der Waals surface area contributed by atoms with Crippen molar-refractivity contribution >= 4 is 13.3 Å². The summed E-state index contributed by atoms with van der Waals surface area (Å²) in [5.74, 6) is 3.26. The van der Waals surface area contributed by atoms with Crippen LogP contribution in [0, 0.1) is 17.8 Å². The fraction of sp³-hybridized carbons (Fsp3) is 0.561. The molecule has 2 fully saturated rings. The van der Waals surface area contributed by atoms with Crippen LogP contribution in [0.1, 0.15) is 112 Å². The van der Waals surface area contributed by atoms with Gasteiger partial charge in [-0.05, 0) is 141 Å². The fourth-order valence-corrected chi connectivity index (χ4v) is 7.65. The van der Waals surface area contributed by atoms with Crippen molar-refractivity contribution in [3.63, 3.8) is 0 Å². The average Bonchev–Trinajstić information content (AvgIpc) is 3.12. The van der Waals surface area contributed by atoms with Gasteiger partial charge in [0.25, 0.3) is 6.47 Å². The summed E-state index contributed by atoms with van der Waals surface area (Å²) in [6, 6.07) is 16.4. The molecule has 0 atom stereocenters. The van der Waals surface area contributed by atoms with E-state index < -0.39 is 0 Å². The van der Waals surface area contributed by atoms with E-state index in [0.29, 0.717) is 5.92 Å². The Morgan fingerprint density at radius 3 is 1.64 bits per heavy atom. The summed E-state index contributed by atoms with van der Waals surface area (Å²) < 4.78 is 12.6. The van der Waals surface area contributed by atoms with Crippen molar-refractivity contribution in [2.45, 2.75) is 109 Å². The molecule has 4 rings (SSSR count). The summed E-state index contributed by atoms with van der Waals surface area (Å²) in [7, 11) is 0. The molecule has 0 amide bonds. The molecule has 0 bridgehead atoms. The van der Waals surface area contributed by atoms with Gasteiger partial charge in [-0.15, -0.1) is 0 Å². The Hall–Kier alpha value is -3.09. The second-order valence-electron chi connectivity index (χ2n) is 13.5. The number of alkyl halides is 1. The van der Waals surface area contributed by atoms with Gasteiger partial charge in [0.1, 0.15) is 6.79 Å². The van der Waals surface area contributed by atoms with Crippen molar-refractivity contribution in [2.24, 2.45) is 17.8 Å². The number of hydrogen-bond acceptors (Lipinski definition) is 4. The SMILES string of the molecule is C=C(CO)CCCc1cc(CCCC(=C)CO)cc(-c2ccc(C3CCC(C4CCC(CCCF)CC4)CC3)cc2)c1.C=O.O=CO. The van der Waals surface area contributed by atoms with Gasteiger partial charge in [-0.25, -0.2) is 0 Å². The monoisotopic (exact) mass is 650 g/mol. The number of carboxylic acid groups (broad SMARTS) is 1. The van der Waals surface area contributed by atoms with Crippen molar-refractivity contribution in [3.05, 3.63) is 83.5 Å². The number of halogens is 1. The Balaban J connectivity index is 0.00000145. The maximum Gasteiger partial charge on any atom is 0.290 e. The highest BCUT2D eigenvalue weighted by molar-refractivity contribution is 5.65. The Morgan fingerprint density at radius 2 is 1.19 bits per heavy atom. The summed E-state index contributed by atoms with van der Waals surface area (Å²) in [4.78, 5) is 16.4. The molecule has 0 unspecified atom stereocenters. The minimum Gasteiger partial charge on any atom is -0.483 e. The van der Waals surface area contributed by atoms with E-state index in [-0.39, 0.29) is 26.4 Å². The number of aryl methyl sites for hydroxylation is 2. The van der Waals surface area contributed by atoms with Crippen molar-refractivity contribution in [1.29, 1.82) is 0 Å². The summed E-state index contributed by atoms with van der Waals surface area (Å²) in [5.41, 5.74) is 8.53.